The van der Waals surface area contributed by atoms with Crippen LogP contribution in [-0.2, 0) is 17.1 Å². The van der Waals surface area contributed by atoms with E-state index >= 15 is 0 Å². The molecule has 1 N–H and O–H groups in total. The molecule has 0 fully saturated rings. The molecule has 0 amide bonds. The van der Waals surface area contributed by atoms with E-state index in [-0.39, 0.29) is 17.1 Å². The smallest absolute Gasteiger partial charge is 0.488 e. The third-order valence-electron chi connectivity index (χ3n) is 3.36. The Morgan fingerprint density at radius 1 is 1.00 bits per heavy atom. The van der Waals surface area contributed by atoms with Gasteiger partial charge in [0.2, 0.25) is 0 Å². The number of aromatic amines is 1. The van der Waals surface area contributed by atoms with Crippen molar-refractivity contribution < 1.29 is 30.0 Å². The molecule has 10 heteroatoms. The van der Waals surface area contributed by atoms with Gasteiger partial charge in [-0.1, -0.05) is 3.89 Å². The number of nitrogens with one attached hydrogen (secondary N) is 1. The van der Waals surface area contributed by atoms with E-state index in [2.05, 4.69) is 14.4 Å². The lowest BCUT2D eigenvalue weighted by Crippen LogP contribution is -2.03. The molecule has 0 saturated carbocycles. The molecular formula is C16H11F3N2O4S. The molecule has 136 valence electrons. The topological polar surface area (TPSA) is 81.3 Å². The molecule has 3 rings (SSSR count). The van der Waals surface area contributed by atoms with Gasteiger partial charge in [-0.15, -0.1) is 0 Å². The maximum absolute atomic E-state index is 14.2. The molecule has 0 unspecified atom stereocenters. The monoisotopic (exact) mass is 384 g/mol. The molecule has 26 heavy (non-hydrogen) atoms. The Hall–Kier alpha value is -3.01. The summed E-state index contributed by atoms with van der Waals surface area (Å²) in [6.07, 6.45) is 1.46. The van der Waals surface area contributed by atoms with Gasteiger partial charge in [-0.25, -0.2) is 8.78 Å². The van der Waals surface area contributed by atoms with Gasteiger partial charge in [0.1, 0.15) is 29.7 Å². The summed E-state index contributed by atoms with van der Waals surface area (Å²) in [7, 11) is -5.13. The number of aromatic nitrogens is 2. The largest absolute Gasteiger partial charge is 0.489 e. The Kier molecular flexibility index (Phi) is 4.85. The van der Waals surface area contributed by atoms with Crippen LogP contribution in [0.5, 0.6) is 11.5 Å². The highest BCUT2D eigenvalue weighted by molar-refractivity contribution is 7.81. The standard InChI is InChI=1S/C16H11F3N2O4S/c17-14-7-10(16-5-6-20-21-16)8-15(18)13(14)9-24-11-1-3-12(4-2-11)25-26(19,22)23/h1-8H,9H2,(H,20,21). The molecule has 3 aromatic rings. The summed E-state index contributed by atoms with van der Waals surface area (Å²) in [5, 5.41) is 6.33. The van der Waals surface area contributed by atoms with Crippen LogP contribution in [0.2, 0.25) is 0 Å². The van der Waals surface area contributed by atoms with E-state index in [1.807, 2.05) is 0 Å². The Labute approximate surface area is 146 Å². The number of benzene rings is 2. The highest BCUT2D eigenvalue weighted by Crippen LogP contribution is 2.25. The van der Waals surface area contributed by atoms with Gasteiger partial charge in [-0.05, 0) is 42.5 Å². The van der Waals surface area contributed by atoms with Gasteiger partial charge < -0.3 is 8.92 Å². The lowest BCUT2D eigenvalue weighted by atomic mass is 10.1. The lowest BCUT2D eigenvalue weighted by molar-refractivity contribution is 0.292. The minimum atomic E-state index is -5.13. The summed E-state index contributed by atoms with van der Waals surface area (Å²) in [6.45, 7) is -0.400. The molecule has 0 saturated heterocycles. The summed E-state index contributed by atoms with van der Waals surface area (Å²) in [5.41, 5.74) is 0.490. The van der Waals surface area contributed by atoms with E-state index in [0.29, 0.717) is 11.3 Å². The van der Waals surface area contributed by atoms with Crippen molar-refractivity contribution in [2.45, 2.75) is 6.61 Å². The number of hydrogen-bond acceptors (Lipinski definition) is 5. The van der Waals surface area contributed by atoms with Gasteiger partial charge in [0.25, 0.3) is 0 Å². The first-order valence-corrected chi connectivity index (χ1v) is 8.47. The third-order valence-corrected chi connectivity index (χ3v) is 3.75. The lowest BCUT2D eigenvalue weighted by Gasteiger charge is -2.10. The van der Waals surface area contributed by atoms with Crippen molar-refractivity contribution >= 4 is 10.5 Å². The second kappa shape index (κ2) is 7.08. The van der Waals surface area contributed by atoms with E-state index in [1.54, 1.807) is 6.07 Å². The molecule has 0 bridgehead atoms. The predicted molar refractivity (Wildman–Crippen MR) is 85.4 cm³/mol. The summed E-state index contributed by atoms with van der Waals surface area (Å²) in [4.78, 5) is 0. The number of ether oxygens (including phenoxy) is 1. The van der Waals surface area contributed by atoms with E-state index in [0.717, 1.165) is 24.3 Å². The van der Waals surface area contributed by atoms with Gasteiger partial charge in [0.15, 0.2) is 0 Å². The number of nitrogens with zero attached hydrogens (tertiary/aromatic N) is 1. The van der Waals surface area contributed by atoms with Gasteiger partial charge in [-0.3, -0.25) is 5.10 Å². The molecular weight excluding hydrogens is 373 g/mol. The maximum Gasteiger partial charge on any atom is 0.488 e. The van der Waals surface area contributed by atoms with Crippen LogP contribution in [0.25, 0.3) is 11.3 Å². The van der Waals surface area contributed by atoms with Gasteiger partial charge in [0, 0.05) is 11.8 Å². The van der Waals surface area contributed by atoms with Crippen molar-refractivity contribution in [3.8, 4) is 22.8 Å². The third kappa shape index (κ3) is 4.33. The van der Waals surface area contributed by atoms with Gasteiger partial charge in [0.05, 0.1) is 11.3 Å². The van der Waals surface area contributed by atoms with Crippen LogP contribution in [0.4, 0.5) is 12.7 Å². The molecule has 1 aromatic heterocycles. The Bertz CT molecular complexity index is 983. The summed E-state index contributed by atoms with van der Waals surface area (Å²) < 4.78 is 70.8. The number of hydrogen-bond donors (Lipinski definition) is 1. The highest BCUT2D eigenvalue weighted by Gasteiger charge is 2.14. The average molecular weight is 384 g/mol. The SMILES string of the molecule is O=S(=O)(F)Oc1ccc(OCc2c(F)cc(-c3ccn[nH]3)cc2F)cc1. The molecule has 1 heterocycles. The second-order valence-corrected chi connectivity index (χ2v) is 6.08. The summed E-state index contributed by atoms with van der Waals surface area (Å²) >= 11 is 0. The molecule has 0 radical (unpaired) electrons. The minimum Gasteiger partial charge on any atom is -0.489 e. The van der Waals surface area contributed by atoms with Gasteiger partial charge in [-0.2, -0.15) is 13.5 Å². The van der Waals surface area contributed by atoms with Crippen molar-refractivity contribution in [2.75, 3.05) is 0 Å². The first-order valence-electron chi connectivity index (χ1n) is 7.16. The van der Waals surface area contributed by atoms with Crippen LogP contribution in [0.15, 0.2) is 48.7 Å². The highest BCUT2D eigenvalue weighted by atomic mass is 32.3. The molecule has 0 aliphatic heterocycles. The first kappa shape index (κ1) is 17.8. The fraction of sp³-hybridized carbons (Fsp3) is 0.0625. The fourth-order valence-electron chi connectivity index (χ4n) is 2.17. The number of rotatable bonds is 6. The van der Waals surface area contributed by atoms with Crippen LogP contribution in [0, 0.1) is 11.6 Å². The Morgan fingerprint density at radius 2 is 1.62 bits per heavy atom. The van der Waals surface area contributed by atoms with Crippen molar-refractivity contribution in [2.24, 2.45) is 0 Å². The van der Waals surface area contributed by atoms with Crippen LogP contribution in [-0.4, -0.2) is 18.6 Å². The Morgan fingerprint density at radius 3 is 2.15 bits per heavy atom. The molecule has 6 nitrogen and oxygen atoms in total. The van der Waals surface area contributed by atoms with E-state index in [4.69, 9.17) is 4.74 Å². The van der Waals surface area contributed by atoms with Crippen LogP contribution in [0.1, 0.15) is 5.56 Å². The van der Waals surface area contributed by atoms with E-state index in [1.165, 1.54) is 18.3 Å². The number of H-pyrrole nitrogens is 1. The normalized spacial score (nSPS) is 11.3. The summed E-state index contributed by atoms with van der Waals surface area (Å²) in [5.74, 6) is -1.66. The predicted octanol–water partition coefficient (Wildman–Crippen LogP) is 3.53. The molecule has 2 aromatic carbocycles. The molecule has 0 aliphatic carbocycles. The second-order valence-electron chi connectivity index (χ2n) is 5.13. The Balaban J connectivity index is 1.72. The summed E-state index contributed by atoms with van der Waals surface area (Å²) in [6, 6.07) is 8.70. The maximum atomic E-state index is 14.2. The zero-order chi connectivity index (χ0) is 18.7. The number of halogens is 3. The zero-order valence-corrected chi connectivity index (χ0v) is 13.8. The molecule has 0 spiro atoms. The molecule has 0 atom stereocenters. The minimum absolute atomic E-state index is 0.185. The zero-order valence-electron chi connectivity index (χ0n) is 12.9. The van der Waals surface area contributed by atoms with Crippen molar-refractivity contribution in [3.05, 3.63) is 65.9 Å². The first-order chi connectivity index (χ1) is 12.3. The van der Waals surface area contributed by atoms with Crippen molar-refractivity contribution in [3.63, 3.8) is 0 Å². The van der Waals surface area contributed by atoms with E-state index < -0.39 is 28.7 Å². The van der Waals surface area contributed by atoms with Crippen molar-refractivity contribution in [1.82, 2.24) is 10.2 Å². The van der Waals surface area contributed by atoms with Crippen LogP contribution < -0.4 is 8.92 Å². The van der Waals surface area contributed by atoms with Gasteiger partial charge >= 0.3 is 10.5 Å². The quantitative estimate of drug-likeness (QED) is 0.658. The molecule has 0 aliphatic rings. The van der Waals surface area contributed by atoms with Crippen molar-refractivity contribution in [1.29, 1.82) is 0 Å². The average Bonchev–Trinajstić information content (AvgIpc) is 3.08. The fourth-order valence-corrected chi connectivity index (χ4v) is 2.52. The van der Waals surface area contributed by atoms with Crippen LogP contribution >= 0.6 is 0 Å². The van der Waals surface area contributed by atoms with Crippen LogP contribution in [0.3, 0.4) is 0 Å². The van der Waals surface area contributed by atoms with E-state index in [9.17, 15) is 21.1 Å².